The molecule has 0 aliphatic rings. The second kappa shape index (κ2) is 8.79. The summed E-state index contributed by atoms with van der Waals surface area (Å²) in [7, 11) is 1.47. The monoisotopic (exact) mass is 341 g/mol. The molecule has 0 aliphatic carbocycles. The molecule has 2 rings (SSSR count). The van der Waals surface area contributed by atoms with Crippen LogP contribution < -0.4 is 20.3 Å². The van der Waals surface area contributed by atoms with Crippen LogP contribution >= 0.6 is 0 Å². The predicted molar refractivity (Wildman–Crippen MR) is 87.5 cm³/mol. The highest BCUT2D eigenvalue weighted by Crippen LogP contribution is 2.28. The summed E-state index contributed by atoms with van der Waals surface area (Å²) in [6.07, 6.45) is 4.13. The van der Waals surface area contributed by atoms with Gasteiger partial charge in [0.25, 0.3) is 5.91 Å². The van der Waals surface area contributed by atoms with Crippen molar-refractivity contribution in [2.45, 2.75) is 0 Å². The van der Waals surface area contributed by atoms with Crippen molar-refractivity contribution >= 4 is 17.9 Å². The summed E-state index contributed by atoms with van der Waals surface area (Å²) < 4.78 is 15.3. The van der Waals surface area contributed by atoms with Crippen molar-refractivity contribution in [1.29, 1.82) is 5.26 Å². The lowest BCUT2D eigenvalue weighted by Crippen LogP contribution is -2.40. The van der Waals surface area contributed by atoms with Gasteiger partial charge < -0.3 is 13.9 Å². The number of nitrogens with one attached hydrogen (secondary N) is 2. The summed E-state index contributed by atoms with van der Waals surface area (Å²) in [5, 5.41) is 8.53. The van der Waals surface area contributed by atoms with Gasteiger partial charge in [-0.05, 0) is 35.9 Å². The van der Waals surface area contributed by atoms with Crippen molar-refractivity contribution in [2.75, 3.05) is 13.7 Å². The average Bonchev–Trinajstić information content (AvgIpc) is 3.17. The Hall–Kier alpha value is -3.73. The van der Waals surface area contributed by atoms with Crippen LogP contribution in [0, 0.1) is 11.3 Å². The number of furan rings is 1. The van der Waals surface area contributed by atoms with E-state index in [1.807, 2.05) is 6.07 Å². The summed E-state index contributed by atoms with van der Waals surface area (Å²) in [5.74, 6) is -0.140. The van der Waals surface area contributed by atoms with E-state index in [0.29, 0.717) is 17.1 Å². The minimum atomic E-state index is -0.563. The molecule has 8 nitrogen and oxygen atoms in total. The first kappa shape index (κ1) is 17.6. The quantitative estimate of drug-likeness (QED) is 0.610. The number of benzene rings is 1. The van der Waals surface area contributed by atoms with E-state index in [0.717, 1.165) is 0 Å². The highest BCUT2D eigenvalue weighted by atomic mass is 16.5. The fourth-order valence-electron chi connectivity index (χ4n) is 1.82. The van der Waals surface area contributed by atoms with Crippen LogP contribution in [-0.4, -0.2) is 25.5 Å². The topological polar surface area (TPSA) is 114 Å². The van der Waals surface area contributed by atoms with Gasteiger partial charge in [-0.25, -0.2) is 0 Å². The third-order valence-electron chi connectivity index (χ3n) is 2.95. The molecule has 1 aromatic heterocycles. The van der Waals surface area contributed by atoms with Crippen molar-refractivity contribution in [3.63, 3.8) is 0 Å². The molecule has 0 aliphatic heterocycles. The standard InChI is InChI=1S/C17H15N3O5/c1-23-15-11-12(4-6-13(15)25-10-8-18)5-7-16(21)19-20-17(22)14-3-2-9-24-14/h2-7,9,11H,10H2,1H3,(H,19,21)(H,20,22)/b7-5+. The lowest BCUT2D eigenvalue weighted by Gasteiger charge is -2.08. The van der Waals surface area contributed by atoms with Gasteiger partial charge >= 0.3 is 5.91 Å². The number of methoxy groups -OCH3 is 1. The Kier molecular flexibility index (Phi) is 6.19. The number of rotatable bonds is 6. The number of nitrogens with zero attached hydrogens (tertiary/aromatic N) is 1. The number of hydrazine groups is 1. The van der Waals surface area contributed by atoms with Gasteiger partial charge in [-0.3, -0.25) is 20.4 Å². The Morgan fingerprint density at radius 2 is 2.12 bits per heavy atom. The summed E-state index contributed by atoms with van der Waals surface area (Å²) in [6, 6.07) is 9.88. The number of ether oxygens (including phenoxy) is 2. The zero-order valence-electron chi connectivity index (χ0n) is 13.3. The molecule has 0 bridgehead atoms. The van der Waals surface area contributed by atoms with E-state index < -0.39 is 11.8 Å². The van der Waals surface area contributed by atoms with Gasteiger partial charge in [-0.15, -0.1) is 0 Å². The fraction of sp³-hybridized carbons (Fsp3) is 0.118. The summed E-state index contributed by atoms with van der Waals surface area (Å²) in [4.78, 5) is 23.3. The predicted octanol–water partition coefficient (Wildman–Crippen LogP) is 1.66. The lowest BCUT2D eigenvalue weighted by atomic mass is 10.2. The van der Waals surface area contributed by atoms with Crippen molar-refractivity contribution in [1.82, 2.24) is 10.9 Å². The van der Waals surface area contributed by atoms with Crippen molar-refractivity contribution in [3.8, 4) is 17.6 Å². The third kappa shape index (κ3) is 5.14. The van der Waals surface area contributed by atoms with Gasteiger partial charge in [-0.1, -0.05) is 6.07 Å². The van der Waals surface area contributed by atoms with Gasteiger partial charge in [0.2, 0.25) is 0 Å². The summed E-state index contributed by atoms with van der Waals surface area (Å²) >= 11 is 0. The van der Waals surface area contributed by atoms with Crippen LogP contribution in [0.1, 0.15) is 16.1 Å². The maximum Gasteiger partial charge on any atom is 0.305 e. The summed E-state index contributed by atoms with van der Waals surface area (Å²) in [6.45, 7) is -0.0939. The third-order valence-corrected chi connectivity index (χ3v) is 2.95. The second-order valence-corrected chi connectivity index (χ2v) is 4.61. The summed E-state index contributed by atoms with van der Waals surface area (Å²) in [5.41, 5.74) is 5.12. The van der Waals surface area contributed by atoms with Crippen LogP contribution in [0.3, 0.4) is 0 Å². The highest BCUT2D eigenvalue weighted by Gasteiger charge is 2.08. The Morgan fingerprint density at radius 3 is 2.80 bits per heavy atom. The molecule has 2 amide bonds. The molecule has 1 heterocycles. The van der Waals surface area contributed by atoms with Gasteiger partial charge in [-0.2, -0.15) is 5.26 Å². The smallest absolute Gasteiger partial charge is 0.305 e. The first-order chi connectivity index (χ1) is 12.1. The van der Waals surface area contributed by atoms with Gasteiger partial charge in [0.15, 0.2) is 23.9 Å². The number of hydrogen-bond acceptors (Lipinski definition) is 6. The molecular formula is C17H15N3O5. The SMILES string of the molecule is COc1cc(/C=C/C(=O)NNC(=O)c2ccco2)ccc1OCC#N. The van der Waals surface area contributed by atoms with E-state index in [9.17, 15) is 9.59 Å². The molecule has 0 saturated heterocycles. The Balaban J connectivity index is 1.93. The second-order valence-electron chi connectivity index (χ2n) is 4.61. The van der Waals surface area contributed by atoms with Gasteiger partial charge in [0.1, 0.15) is 6.07 Å². The van der Waals surface area contributed by atoms with E-state index in [1.54, 1.807) is 24.3 Å². The molecule has 0 saturated carbocycles. The van der Waals surface area contributed by atoms with E-state index in [1.165, 1.54) is 31.6 Å². The zero-order valence-corrected chi connectivity index (χ0v) is 13.3. The molecular weight excluding hydrogens is 326 g/mol. The maximum atomic E-state index is 11.7. The normalized spacial score (nSPS) is 10.1. The van der Waals surface area contributed by atoms with E-state index in [2.05, 4.69) is 10.9 Å². The molecule has 2 N–H and O–H groups in total. The molecule has 128 valence electrons. The van der Waals surface area contributed by atoms with Crippen molar-refractivity contribution in [2.24, 2.45) is 0 Å². The van der Waals surface area contributed by atoms with Crippen LogP contribution in [0.25, 0.3) is 6.08 Å². The van der Waals surface area contributed by atoms with Crippen molar-refractivity contribution in [3.05, 3.63) is 54.0 Å². The molecule has 25 heavy (non-hydrogen) atoms. The Labute approximate surface area is 143 Å². The molecule has 0 unspecified atom stereocenters. The van der Waals surface area contributed by atoms with Crippen LogP contribution in [0.15, 0.2) is 47.1 Å². The average molecular weight is 341 g/mol. The van der Waals surface area contributed by atoms with Gasteiger partial charge in [0.05, 0.1) is 13.4 Å². The number of amides is 2. The van der Waals surface area contributed by atoms with Crippen LogP contribution in [0.4, 0.5) is 0 Å². The Morgan fingerprint density at radius 1 is 1.28 bits per heavy atom. The van der Waals surface area contributed by atoms with E-state index >= 15 is 0 Å². The van der Waals surface area contributed by atoms with E-state index in [4.69, 9.17) is 19.2 Å². The molecule has 0 fully saturated rings. The zero-order chi connectivity index (χ0) is 18.1. The largest absolute Gasteiger partial charge is 0.493 e. The van der Waals surface area contributed by atoms with Crippen molar-refractivity contribution < 1.29 is 23.5 Å². The van der Waals surface area contributed by atoms with E-state index in [-0.39, 0.29) is 12.4 Å². The fourth-order valence-corrected chi connectivity index (χ4v) is 1.82. The highest BCUT2D eigenvalue weighted by molar-refractivity contribution is 5.96. The lowest BCUT2D eigenvalue weighted by molar-refractivity contribution is -0.117. The van der Waals surface area contributed by atoms with Gasteiger partial charge in [0, 0.05) is 6.08 Å². The van der Waals surface area contributed by atoms with Crippen LogP contribution in [0.2, 0.25) is 0 Å². The first-order valence-electron chi connectivity index (χ1n) is 7.13. The molecule has 0 atom stereocenters. The molecule has 2 aromatic rings. The number of carbonyl (C=O) groups excluding carboxylic acids is 2. The molecule has 0 radical (unpaired) electrons. The number of hydrogen-bond donors (Lipinski definition) is 2. The first-order valence-corrected chi connectivity index (χ1v) is 7.13. The molecule has 8 heteroatoms. The number of nitriles is 1. The minimum Gasteiger partial charge on any atom is -0.493 e. The number of carbonyl (C=O) groups is 2. The van der Waals surface area contributed by atoms with Crippen LogP contribution in [0.5, 0.6) is 11.5 Å². The van der Waals surface area contributed by atoms with Crippen LogP contribution in [-0.2, 0) is 4.79 Å². The minimum absolute atomic E-state index is 0.0852. The molecule has 0 spiro atoms. The maximum absolute atomic E-state index is 11.7. The Bertz CT molecular complexity index is 806. The molecule has 1 aromatic carbocycles.